The van der Waals surface area contributed by atoms with Gasteiger partial charge in [0, 0.05) is 42.0 Å². The van der Waals surface area contributed by atoms with E-state index in [0.717, 1.165) is 40.0 Å². The van der Waals surface area contributed by atoms with Gasteiger partial charge < -0.3 is 9.80 Å². The van der Waals surface area contributed by atoms with Crippen LogP contribution in [0, 0.1) is 0 Å². The average molecular weight is 527 g/mol. The molecular weight excluding hydrogens is 501 g/mol. The van der Waals surface area contributed by atoms with Crippen LogP contribution in [0.5, 0.6) is 0 Å². The van der Waals surface area contributed by atoms with Crippen molar-refractivity contribution in [2.24, 2.45) is 0 Å². The number of amides is 1. The highest BCUT2D eigenvalue weighted by molar-refractivity contribution is 6.00. The summed E-state index contributed by atoms with van der Waals surface area (Å²) in [6.07, 6.45) is -4.32. The molecule has 0 N–H and O–H groups in total. The number of fused-ring (bicyclic) bond motifs is 1. The summed E-state index contributed by atoms with van der Waals surface area (Å²) in [5, 5.41) is 11.2. The van der Waals surface area contributed by atoms with Crippen molar-refractivity contribution in [1.82, 2.24) is 15.1 Å². The van der Waals surface area contributed by atoms with Crippen molar-refractivity contribution in [2.45, 2.75) is 25.6 Å². The number of rotatable bonds is 4. The molecule has 0 bridgehead atoms. The second-order valence-electron chi connectivity index (χ2n) is 9.04. The molecule has 1 fully saturated rings. The van der Waals surface area contributed by atoms with Gasteiger partial charge in [0.2, 0.25) is 5.91 Å². The number of hydrogen-bond acceptors (Lipinski definition) is 4. The summed E-state index contributed by atoms with van der Waals surface area (Å²) >= 11 is 0. The van der Waals surface area contributed by atoms with Gasteiger partial charge in [0.15, 0.2) is 5.82 Å². The normalized spacial score (nSPS) is 15.9. The molecule has 2 heterocycles. The molecule has 9 heteroatoms. The van der Waals surface area contributed by atoms with Gasteiger partial charge in [-0.1, -0.05) is 66.7 Å². The van der Waals surface area contributed by atoms with E-state index in [1.54, 1.807) is 4.90 Å². The number of nitrogens with zero attached hydrogens (tertiary/aromatic N) is 4. The van der Waals surface area contributed by atoms with Crippen LogP contribution in [-0.4, -0.2) is 46.7 Å². The van der Waals surface area contributed by atoms with Crippen LogP contribution in [0.25, 0.3) is 22.0 Å². The lowest BCUT2D eigenvalue weighted by molar-refractivity contribution is -0.137. The van der Waals surface area contributed by atoms with Gasteiger partial charge >= 0.3 is 6.18 Å². The number of alkyl halides is 3. The first-order valence-corrected chi connectivity index (χ1v) is 11.8. The smallest absolute Gasteiger partial charge is 0.351 e. The number of hydrogen-bond donors (Lipinski definition) is 0. The number of piperazine rings is 1. The Labute approximate surface area is 219 Å². The van der Waals surface area contributed by atoms with Gasteiger partial charge in [-0.3, -0.25) is 4.79 Å². The fourth-order valence-electron chi connectivity index (χ4n) is 4.74. The lowest BCUT2D eigenvalue weighted by atomic mass is 10.0. The van der Waals surface area contributed by atoms with E-state index < -0.39 is 11.7 Å². The molecule has 0 saturated carbocycles. The van der Waals surface area contributed by atoms with Crippen LogP contribution < -0.4 is 4.90 Å². The van der Waals surface area contributed by atoms with Gasteiger partial charge in [-0.25, -0.2) is 0 Å². The SMILES string of the molecule is C[C@H]1CN(c2nnc(-c3ccccc3)c3ccccc23)CCN1C(=O)Cc1ccc(C(F)(F)F)cc1.Cl. The molecule has 5 rings (SSSR count). The fourth-order valence-corrected chi connectivity index (χ4v) is 4.74. The summed E-state index contributed by atoms with van der Waals surface area (Å²) in [6.45, 7) is 3.65. The van der Waals surface area contributed by atoms with Crippen molar-refractivity contribution in [1.29, 1.82) is 0 Å². The maximum Gasteiger partial charge on any atom is 0.416 e. The average Bonchev–Trinajstić information content (AvgIpc) is 2.88. The minimum atomic E-state index is -4.39. The predicted molar refractivity (Wildman–Crippen MR) is 141 cm³/mol. The van der Waals surface area contributed by atoms with Crippen LogP contribution in [0.1, 0.15) is 18.1 Å². The van der Waals surface area contributed by atoms with E-state index in [4.69, 9.17) is 0 Å². The summed E-state index contributed by atoms with van der Waals surface area (Å²) < 4.78 is 38.5. The molecule has 1 atom stereocenters. The molecule has 5 nitrogen and oxygen atoms in total. The minimum Gasteiger partial charge on any atom is -0.351 e. The molecule has 1 amide bonds. The van der Waals surface area contributed by atoms with Gasteiger partial charge in [0.25, 0.3) is 0 Å². The first-order chi connectivity index (χ1) is 17.3. The molecule has 3 aromatic carbocycles. The number of carbonyl (C=O) groups is 1. The van der Waals surface area contributed by atoms with Gasteiger partial charge in [0.05, 0.1) is 12.0 Å². The Morgan fingerprint density at radius 3 is 2.19 bits per heavy atom. The van der Waals surface area contributed by atoms with Crippen molar-refractivity contribution in [3.05, 3.63) is 90.0 Å². The maximum absolute atomic E-state index is 13.0. The van der Waals surface area contributed by atoms with Crippen LogP contribution in [0.3, 0.4) is 0 Å². The molecule has 1 aliphatic heterocycles. The quantitative estimate of drug-likeness (QED) is 0.326. The lowest BCUT2D eigenvalue weighted by Gasteiger charge is -2.40. The highest BCUT2D eigenvalue weighted by Gasteiger charge is 2.31. The Balaban J connectivity index is 0.00000320. The maximum atomic E-state index is 13.0. The Morgan fingerprint density at radius 2 is 1.54 bits per heavy atom. The first kappa shape index (κ1) is 26.4. The van der Waals surface area contributed by atoms with Gasteiger partial charge in [-0.2, -0.15) is 13.2 Å². The number of carbonyl (C=O) groups excluding carboxylic acids is 1. The zero-order chi connectivity index (χ0) is 25.3. The van der Waals surface area contributed by atoms with Crippen LogP contribution in [0.15, 0.2) is 78.9 Å². The number of benzene rings is 3. The van der Waals surface area contributed by atoms with Gasteiger partial charge in [-0.15, -0.1) is 22.6 Å². The first-order valence-electron chi connectivity index (χ1n) is 11.8. The van der Waals surface area contributed by atoms with Crippen LogP contribution in [-0.2, 0) is 17.4 Å². The molecule has 0 aliphatic carbocycles. The second-order valence-corrected chi connectivity index (χ2v) is 9.04. The highest BCUT2D eigenvalue weighted by Crippen LogP contribution is 2.32. The van der Waals surface area contributed by atoms with Crippen molar-refractivity contribution in [3.8, 4) is 11.3 Å². The molecule has 4 aromatic rings. The third kappa shape index (κ3) is 5.54. The highest BCUT2D eigenvalue weighted by atomic mass is 35.5. The topological polar surface area (TPSA) is 49.3 Å². The number of aromatic nitrogens is 2. The third-order valence-electron chi connectivity index (χ3n) is 6.60. The fraction of sp³-hybridized carbons (Fsp3) is 0.250. The Morgan fingerprint density at radius 1 is 0.892 bits per heavy atom. The largest absolute Gasteiger partial charge is 0.416 e. The molecule has 1 aliphatic rings. The van der Waals surface area contributed by atoms with Crippen molar-refractivity contribution in [2.75, 3.05) is 24.5 Å². The Bertz CT molecular complexity index is 1380. The van der Waals surface area contributed by atoms with E-state index in [2.05, 4.69) is 15.1 Å². The molecule has 37 heavy (non-hydrogen) atoms. The zero-order valence-electron chi connectivity index (χ0n) is 20.2. The van der Waals surface area contributed by atoms with Crippen LogP contribution in [0.2, 0.25) is 0 Å². The monoisotopic (exact) mass is 526 g/mol. The van der Waals surface area contributed by atoms with E-state index in [1.165, 1.54) is 12.1 Å². The van der Waals surface area contributed by atoms with E-state index in [-0.39, 0.29) is 30.8 Å². The van der Waals surface area contributed by atoms with Crippen molar-refractivity contribution < 1.29 is 18.0 Å². The molecule has 0 radical (unpaired) electrons. The molecule has 1 saturated heterocycles. The van der Waals surface area contributed by atoms with Crippen LogP contribution in [0.4, 0.5) is 19.0 Å². The van der Waals surface area contributed by atoms with Crippen LogP contribution >= 0.6 is 12.4 Å². The molecular formula is C28H26ClF3N4O. The zero-order valence-corrected chi connectivity index (χ0v) is 21.0. The van der Waals surface area contributed by atoms with E-state index >= 15 is 0 Å². The summed E-state index contributed by atoms with van der Waals surface area (Å²) in [5.41, 5.74) is 1.68. The van der Waals surface area contributed by atoms with Gasteiger partial charge in [-0.05, 0) is 24.6 Å². The van der Waals surface area contributed by atoms with Crippen molar-refractivity contribution >= 4 is 34.9 Å². The third-order valence-corrected chi connectivity index (χ3v) is 6.60. The number of anilines is 1. The summed E-state index contributed by atoms with van der Waals surface area (Å²) in [6, 6.07) is 22.7. The van der Waals surface area contributed by atoms with Gasteiger partial charge in [0.1, 0.15) is 5.69 Å². The Hall–Kier alpha value is -3.65. The molecule has 0 spiro atoms. The summed E-state index contributed by atoms with van der Waals surface area (Å²) in [4.78, 5) is 16.9. The summed E-state index contributed by atoms with van der Waals surface area (Å²) in [5.74, 6) is 0.684. The Kier molecular flexibility index (Phi) is 7.68. The number of halogens is 4. The van der Waals surface area contributed by atoms with E-state index in [9.17, 15) is 18.0 Å². The predicted octanol–water partition coefficient (Wildman–Crippen LogP) is 6.02. The standard InChI is InChI=1S/C28H25F3N4O.ClH/c1-19-18-34(15-16-35(19)25(36)17-20-11-13-22(14-12-20)28(29,30)31)27-24-10-6-5-9-23(24)26(32-33-27)21-7-3-2-4-8-21;/h2-14,19H,15-18H2,1H3;1H/t19-;/m0./s1. The second kappa shape index (κ2) is 10.8. The lowest BCUT2D eigenvalue weighted by Crippen LogP contribution is -2.54. The molecule has 0 unspecified atom stereocenters. The van der Waals surface area contributed by atoms with Crippen molar-refractivity contribution in [3.63, 3.8) is 0 Å². The van der Waals surface area contributed by atoms with E-state index in [0.29, 0.717) is 25.2 Å². The molecule has 1 aromatic heterocycles. The molecule has 192 valence electrons. The summed E-state index contributed by atoms with van der Waals surface area (Å²) in [7, 11) is 0. The van der Waals surface area contributed by atoms with E-state index in [1.807, 2.05) is 61.5 Å². The minimum absolute atomic E-state index is 0.